The SMILES string of the molecule is COc1cc(-n2nc(C)n(C(F)F)c2=O)c([N+](=O)[O-])cc1Cl. The lowest BCUT2D eigenvalue weighted by Crippen LogP contribution is -2.25. The van der Waals surface area contributed by atoms with E-state index in [-0.39, 0.29) is 26.9 Å². The highest BCUT2D eigenvalue weighted by Crippen LogP contribution is 2.33. The Hall–Kier alpha value is -2.49. The molecule has 0 fully saturated rings. The van der Waals surface area contributed by atoms with E-state index in [0.717, 1.165) is 12.1 Å². The molecule has 0 spiro atoms. The van der Waals surface area contributed by atoms with Crippen LogP contribution in [0.25, 0.3) is 5.69 Å². The Balaban J connectivity index is 2.80. The second kappa shape index (κ2) is 5.72. The minimum Gasteiger partial charge on any atom is -0.495 e. The molecule has 0 radical (unpaired) electrons. The lowest BCUT2D eigenvalue weighted by Gasteiger charge is -2.07. The van der Waals surface area contributed by atoms with Crippen molar-refractivity contribution in [2.45, 2.75) is 13.5 Å². The topological polar surface area (TPSA) is 92.2 Å². The van der Waals surface area contributed by atoms with Crippen molar-refractivity contribution in [3.05, 3.63) is 43.6 Å². The maximum Gasteiger partial charge on any atom is 0.355 e. The summed E-state index contributed by atoms with van der Waals surface area (Å²) in [6.45, 7) is -1.93. The first kappa shape index (κ1) is 15.9. The molecule has 2 aromatic rings. The fourth-order valence-electron chi connectivity index (χ4n) is 1.86. The van der Waals surface area contributed by atoms with E-state index in [2.05, 4.69) is 5.10 Å². The summed E-state index contributed by atoms with van der Waals surface area (Å²) in [7, 11) is 1.27. The number of rotatable bonds is 4. The molecule has 0 N–H and O–H groups in total. The number of methoxy groups -OCH3 is 1. The molecule has 0 aliphatic heterocycles. The monoisotopic (exact) mass is 334 g/mol. The number of hydrogen-bond donors (Lipinski definition) is 0. The van der Waals surface area contributed by atoms with Gasteiger partial charge in [0.05, 0.1) is 17.1 Å². The third-order valence-electron chi connectivity index (χ3n) is 2.85. The Morgan fingerprint density at radius 1 is 1.45 bits per heavy atom. The van der Waals surface area contributed by atoms with Gasteiger partial charge < -0.3 is 4.74 Å². The molecular weight excluding hydrogens is 326 g/mol. The molecular formula is C11H9ClF2N4O4. The predicted molar refractivity (Wildman–Crippen MR) is 72.0 cm³/mol. The van der Waals surface area contributed by atoms with Crippen molar-refractivity contribution in [3.8, 4) is 11.4 Å². The van der Waals surface area contributed by atoms with Crippen molar-refractivity contribution >= 4 is 17.3 Å². The summed E-state index contributed by atoms with van der Waals surface area (Å²) in [5.74, 6) is -0.248. The van der Waals surface area contributed by atoms with Crippen molar-refractivity contribution in [1.82, 2.24) is 14.3 Å². The Morgan fingerprint density at radius 3 is 2.55 bits per heavy atom. The second-order valence-corrected chi connectivity index (χ2v) is 4.53. The fraction of sp³-hybridized carbons (Fsp3) is 0.273. The smallest absolute Gasteiger partial charge is 0.355 e. The van der Waals surface area contributed by atoms with Gasteiger partial charge in [-0.1, -0.05) is 11.6 Å². The Bertz CT molecular complexity index is 802. The molecule has 8 nitrogen and oxygen atoms in total. The van der Waals surface area contributed by atoms with Crippen LogP contribution in [-0.4, -0.2) is 26.4 Å². The summed E-state index contributed by atoms with van der Waals surface area (Å²) < 4.78 is 31.2. The highest BCUT2D eigenvalue weighted by Gasteiger charge is 2.25. The molecule has 0 saturated heterocycles. The van der Waals surface area contributed by atoms with Crippen LogP contribution in [0.4, 0.5) is 14.5 Å². The first-order valence-electron chi connectivity index (χ1n) is 5.76. The molecule has 1 aromatic carbocycles. The van der Waals surface area contributed by atoms with E-state index in [4.69, 9.17) is 16.3 Å². The van der Waals surface area contributed by atoms with E-state index in [1.165, 1.54) is 14.0 Å². The van der Waals surface area contributed by atoms with Gasteiger partial charge in [-0.25, -0.2) is 9.36 Å². The molecule has 0 saturated carbocycles. The van der Waals surface area contributed by atoms with Gasteiger partial charge in [0, 0.05) is 12.1 Å². The summed E-state index contributed by atoms with van der Waals surface area (Å²) in [5.41, 5.74) is -2.09. The van der Waals surface area contributed by atoms with Gasteiger partial charge in [0.1, 0.15) is 11.6 Å². The summed E-state index contributed by atoms with van der Waals surface area (Å²) in [6.07, 6.45) is 0. The number of hydrogen-bond acceptors (Lipinski definition) is 5. The first-order chi connectivity index (χ1) is 10.3. The van der Waals surface area contributed by atoms with Crippen LogP contribution in [0, 0.1) is 17.0 Å². The number of ether oxygens (including phenoxy) is 1. The summed E-state index contributed by atoms with van der Waals surface area (Å²) >= 11 is 5.80. The molecule has 0 atom stereocenters. The van der Waals surface area contributed by atoms with Gasteiger partial charge in [0.15, 0.2) is 5.69 Å². The third kappa shape index (κ3) is 2.52. The van der Waals surface area contributed by atoms with Crippen LogP contribution in [0.1, 0.15) is 12.4 Å². The normalized spacial score (nSPS) is 11.0. The van der Waals surface area contributed by atoms with Gasteiger partial charge in [-0.2, -0.15) is 13.5 Å². The molecule has 0 unspecified atom stereocenters. The zero-order chi connectivity index (χ0) is 16.6. The average Bonchev–Trinajstić information content (AvgIpc) is 2.73. The fourth-order valence-corrected chi connectivity index (χ4v) is 2.10. The number of nitro groups is 1. The quantitative estimate of drug-likeness (QED) is 0.632. The number of benzene rings is 1. The highest BCUT2D eigenvalue weighted by molar-refractivity contribution is 6.32. The van der Waals surface area contributed by atoms with Crippen LogP contribution in [0.15, 0.2) is 16.9 Å². The zero-order valence-corrected chi connectivity index (χ0v) is 12.0. The van der Waals surface area contributed by atoms with Crippen LogP contribution in [0.2, 0.25) is 5.02 Å². The van der Waals surface area contributed by atoms with E-state index in [1.54, 1.807) is 0 Å². The van der Waals surface area contributed by atoms with Crippen LogP contribution in [-0.2, 0) is 0 Å². The summed E-state index contributed by atoms with van der Waals surface area (Å²) in [6, 6.07) is 2.04. The molecule has 0 aliphatic carbocycles. The van der Waals surface area contributed by atoms with Crippen molar-refractivity contribution in [2.75, 3.05) is 7.11 Å². The minimum absolute atomic E-state index is 0.0402. The first-order valence-corrected chi connectivity index (χ1v) is 6.14. The number of aryl methyl sites for hydroxylation is 1. The second-order valence-electron chi connectivity index (χ2n) is 4.12. The molecule has 118 valence electrons. The van der Waals surface area contributed by atoms with E-state index in [0.29, 0.717) is 4.68 Å². The van der Waals surface area contributed by atoms with Gasteiger partial charge in [-0.15, -0.1) is 5.10 Å². The number of alkyl halides is 2. The van der Waals surface area contributed by atoms with E-state index in [1.807, 2.05) is 0 Å². The average molecular weight is 335 g/mol. The van der Waals surface area contributed by atoms with Gasteiger partial charge in [0.25, 0.3) is 5.69 Å². The minimum atomic E-state index is -3.12. The summed E-state index contributed by atoms with van der Waals surface area (Å²) in [4.78, 5) is 22.3. The number of aromatic nitrogens is 3. The predicted octanol–water partition coefficient (Wildman–Crippen LogP) is 2.31. The number of nitro benzene ring substituents is 1. The van der Waals surface area contributed by atoms with Crippen LogP contribution in [0.5, 0.6) is 5.75 Å². The van der Waals surface area contributed by atoms with Crippen LogP contribution in [0.3, 0.4) is 0 Å². The van der Waals surface area contributed by atoms with E-state index >= 15 is 0 Å². The largest absolute Gasteiger partial charge is 0.495 e. The standard InChI is InChI=1S/C11H9ClF2N4O4/c1-5-15-17(11(19)16(5)10(13)14)7-4-9(22-2)6(12)3-8(7)18(20)21/h3-4,10H,1-2H3. The zero-order valence-electron chi connectivity index (χ0n) is 11.3. The molecule has 0 amide bonds. The van der Waals surface area contributed by atoms with Crippen LogP contribution >= 0.6 is 11.6 Å². The lowest BCUT2D eigenvalue weighted by molar-refractivity contribution is -0.384. The molecule has 11 heteroatoms. The van der Waals surface area contributed by atoms with Crippen LogP contribution < -0.4 is 10.4 Å². The molecule has 1 aromatic heterocycles. The Morgan fingerprint density at radius 2 is 2.09 bits per heavy atom. The van der Waals surface area contributed by atoms with E-state index < -0.39 is 22.8 Å². The van der Waals surface area contributed by atoms with Crippen molar-refractivity contribution in [1.29, 1.82) is 0 Å². The number of halogens is 3. The maximum absolute atomic E-state index is 12.8. The molecule has 1 heterocycles. The number of nitrogens with zero attached hydrogens (tertiary/aromatic N) is 4. The molecule has 2 rings (SSSR count). The van der Waals surface area contributed by atoms with Crippen molar-refractivity contribution in [3.63, 3.8) is 0 Å². The maximum atomic E-state index is 12.8. The third-order valence-corrected chi connectivity index (χ3v) is 3.15. The van der Waals surface area contributed by atoms with Gasteiger partial charge in [0.2, 0.25) is 0 Å². The Labute approximate surface area is 126 Å². The van der Waals surface area contributed by atoms with E-state index in [9.17, 15) is 23.7 Å². The Kier molecular flexibility index (Phi) is 4.13. The molecule has 0 aliphatic rings. The van der Waals surface area contributed by atoms with Gasteiger partial charge in [-0.3, -0.25) is 10.1 Å². The lowest BCUT2D eigenvalue weighted by atomic mass is 10.2. The van der Waals surface area contributed by atoms with Crippen molar-refractivity contribution in [2.24, 2.45) is 0 Å². The van der Waals surface area contributed by atoms with Gasteiger partial charge in [-0.05, 0) is 6.92 Å². The summed E-state index contributed by atoms with van der Waals surface area (Å²) in [5, 5.41) is 14.7. The van der Waals surface area contributed by atoms with Crippen molar-refractivity contribution < 1.29 is 18.4 Å². The highest BCUT2D eigenvalue weighted by atomic mass is 35.5. The molecule has 22 heavy (non-hydrogen) atoms. The van der Waals surface area contributed by atoms with Gasteiger partial charge >= 0.3 is 12.2 Å². The molecule has 0 bridgehead atoms.